The van der Waals surface area contributed by atoms with Crippen LogP contribution in [0, 0.1) is 11.3 Å². The number of amides is 1. The van der Waals surface area contributed by atoms with Crippen molar-refractivity contribution in [3.05, 3.63) is 58.8 Å². The number of para-hydroxylation sites is 2. The van der Waals surface area contributed by atoms with Crippen LogP contribution in [0.4, 0.5) is 0 Å². The number of pyridine rings is 1. The number of fused-ring (bicyclic) bond motifs is 2. The SMILES string of the molecule is N#CC1(NC(=O)COC(=O)Cn2c3ccccc3c(=O)c3ccccc32)CCCCC1. The number of ether oxygens (including phenoxy) is 1. The first-order valence-electron chi connectivity index (χ1n) is 10.4. The summed E-state index contributed by atoms with van der Waals surface area (Å²) < 4.78 is 6.93. The quantitative estimate of drug-likeness (QED) is 0.508. The zero-order valence-corrected chi connectivity index (χ0v) is 17.1. The smallest absolute Gasteiger partial charge is 0.326 e. The summed E-state index contributed by atoms with van der Waals surface area (Å²) in [4.78, 5) is 37.7. The van der Waals surface area contributed by atoms with Crippen molar-refractivity contribution in [1.82, 2.24) is 9.88 Å². The van der Waals surface area contributed by atoms with Gasteiger partial charge in [-0.05, 0) is 37.1 Å². The third-order valence-electron chi connectivity index (χ3n) is 5.83. The second-order valence-electron chi connectivity index (χ2n) is 7.91. The van der Waals surface area contributed by atoms with Crippen molar-refractivity contribution in [2.45, 2.75) is 44.2 Å². The molecule has 0 saturated heterocycles. The summed E-state index contributed by atoms with van der Waals surface area (Å²) in [5.74, 6) is -1.07. The van der Waals surface area contributed by atoms with Crippen molar-refractivity contribution >= 4 is 33.7 Å². The van der Waals surface area contributed by atoms with Crippen LogP contribution in [0.15, 0.2) is 53.3 Å². The molecule has 2 aromatic carbocycles. The highest BCUT2D eigenvalue weighted by Crippen LogP contribution is 2.27. The molecule has 0 atom stereocenters. The summed E-state index contributed by atoms with van der Waals surface area (Å²) in [5, 5.41) is 13.3. The van der Waals surface area contributed by atoms with Crippen LogP contribution in [0.5, 0.6) is 0 Å². The minimum Gasteiger partial charge on any atom is -0.454 e. The normalized spacial score (nSPS) is 15.3. The fraction of sp³-hybridized carbons (Fsp3) is 0.333. The van der Waals surface area contributed by atoms with E-state index in [9.17, 15) is 19.6 Å². The molecule has 158 valence electrons. The molecule has 1 saturated carbocycles. The van der Waals surface area contributed by atoms with Gasteiger partial charge in [0.15, 0.2) is 12.0 Å². The molecule has 31 heavy (non-hydrogen) atoms. The third-order valence-corrected chi connectivity index (χ3v) is 5.83. The topological polar surface area (TPSA) is 101 Å². The van der Waals surface area contributed by atoms with Gasteiger partial charge in [-0.25, -0.2) is 0 Å². The number of hydrogen-bond donors (Lipinski definition) is 1. The van der Waals surface area contributed by atoms with Crippen LogP contribution in [0.25, 0.3) is 21.8 Å². The van der Waals surface area contributed by atoms with E-state index in [-0.39, 0.29) is 12.0 Å². The third kappa shape index (κ3) is 4.15. The molecule has 1 heterocycles. The minimum absolute atomic E-state index is 0.0931. The van der Waals surface area contributed by atoms with Gasteiger partial charge in [-0.3, -0.25) is 14.4 Å². The Morgan fingerprint density at radius 2 is 1.58 bits per heavy atom. The molecule has 1 aromatic heterocycles. The number of hydrogen-bond acceptors (Lipinski definition) is 5. The van der Waals surface area contributed by atoms with Gasteiger partial charge >= 0.3 is 5.97 Å². The molecule has 0 spiro atoms. The van der Waals surface area contributed by atoms with E-state index in [4.69, 9.17) is 4.74 Å². The van der Waals surface area contributed by atoms with Crippen molar-refractivity contribution in [2.75, 3.05) is 6.61 Å². The van der Waals surface area contributed by atoms with Crippen LogP contribution in [0.2, 0.25) is 0 Å². The van der Waals surface area contributed by atoms with Crippen molar-refractivity contribution in [1.29, 1.82) is 5.26 Å². The highest BCUT2D eigenvalue weighted by atomic mass is 16.5. The van der Waals surface area contributed by atoms with Crippen LogP contribution < -0.4 is 10.7 Å². The molecular weight excluding hydrogens is 394 g/mol. The van der Waals surface area contributed by atoms with E-state index in [1.165, 1.54) is 0 Å². The van der Waals surface area contributed by atoms with Crippen molar-refractivity contribution in [3.8, 4) is 6.07 Å². The van der Waals surface area contributed by atoms with E-state index in [2.05, 4.69) is 11.4 Å². The zero-order valence-electron chi connectivity index (χ0n) is 17.1. The summed E-state index contributed by atoms with van der Waals surface area (Å²) >= 11 is 0. The lowest BCUT2D eigenvalue weighted by atomic mass is 9.83. The van der Waals surface area contributed by atoms with Crippen molar-refractivity contribution < 1.29 is 14.3 Å². The van der Waals surface area contributed by atoms with Gasteiger partial charge in [0.2, 0.25) is 0 Å². The molecule has 0 aliphatic heterocycles. The minimum atomic E-state index is -0.868. The van der Waals surface area contributed by atoms with E-state index >= 15 is 0 Å². The standard InChI is InChI=1S/C24H23N3O4/c25-16-24(12-6-1-7-13-24)26-21(28)15-31-22(29)14-27-19-10-4-2-8-17(19)23(30)18-9-3-5-11-20(18)27/h2-5,8-11H,1,6-7,12-15H2,(H,26,28). The number of benzene rings is 2. The first-order chi connectivity index (χ1) is 15.0. The lowest BCUT2D eigenvalue weighted by molar-refractivity contribution is -0.149. The molecule has 3 aromatic rings. The Morgan fingerprint density at radius 1 is 1.00 bits per heavy atom. The zero-order chi connectivity index (χ0) is 21.8. The van der Waals surface area contributed by atoms with E-state index in [0.717, 1.165) is 19.3 Å². The van der Waals surface area contributed by atoms with Gasteiger partial charge in [0, 0.05) is 10.8 Å². The molecule has 1 N–H and O–H groups in total. The molecule has 0 radical (unpaired) electrons. The maximum Gasteiger partial charge on any atom is 0.326 e. The molecule has 4 rings (SSSR count). The van der Waals surface area contributed by atoms with Gasteiger partial charge in [-0.2, -0.15) is 5.26 Å². The molecule has 1 amide bonds. The fourth-order valence-electron chi connectivity index (χ4n) is 4.29. The second kappa shape index (κ2) is 8.60. The second-order valence-corrected chi connectivity index (χ2v) is 7.91. The molecule has 7 nitrogen and oxygen atoms in total. The van der Waals surface area contributed by atoms with Gasteiger partial charge in [0.05, 0.1) is 17.1 Å². The van der Waals surface area contributed by atoms with Crippen LogP contribution in [0.3, 0.4) is 0 Å². The van der Waals surface area contributed by atoms with E-state index < -0.39 is 24.0 Å². The van der Waals surface area contributed by atoms with Gasteiger partial charge in [-0.15, -0.1) is 0 Å². The Morgan fingerprint density at radius 3 is 2.16 bits per heavy atom. The lowest BCUT2D eigenvalue weighted by Crippen LogP contribution is -2.50. The first kappa shape index (κ1) is 20.6. The summed E-state index contributed by atoms with van der Waals surface area (Å²) in [7, 11) is 0. The Balaban J connectivity index is 1.51. The molecule has 1 aliphatic rings. The van der Waals surface area contributed by atoms with E-state index in [1.807, 2.05) is 0 Å². The van der Waals surface area contributed by atoms with Gasteiger partial charge < -0.3 is 14.6 Å². The number of carbonyl (C=O) groups is 2. The Labute approximate surface area is 179 Å². The predicted molar refractivity (Wildman–Crippen MR) is 116 cm³/mol. The van der Waals surface area contributed by atoms with Crippen LogP contribution >= 0.6 is 0 Å². The molecule has 0 bridgehead atoms. The molecule has 1 aliphatic carbocycles. The highest BCUT2D eigenvalue weighted by molar-refractivity contribution is 5.94. The highest BCUT2D eigenvalue weighted by Gasteiger charge is 2.33. The van der Waals surface area contributed by atoms with Crippen LogP contribution in [0.1, 0.15) is 32.1 Å². The fourth-order valence-corrected chi connectivity index (χ4v) is 4.29. The number of aromatic nitrogens is 1. The molecule has 0 unspecified atom stereocenters. The van der Waals surface area contributed by atoms with Gasteiger partial charge in [0.25, 0.3) is 5.91 Å². The Kier molecular flexibility index (Phi) is 5.72. The number of nitrogens with one attached hydrogen (secondary N) is 1. The number of nitriles is 1. The average Bonchev–Trinajstić information content (AvgIpc) is 2.81. The lowest BCUT2D eigenvalue weighted by Gasteiger charge is -2.31. The van der Waals surface area contributed by atoms with Crippen molar-refractivity contribution in [2.24, 2.45) is 0 Å². The predicted octanol–water partition coefficient (Wildman–Crippen LogP) is 3.04. The molecule has 7 heteroatoms. The van der Waals surface area contributed by atoms with Crippen molar-refractivity contribution in [3.63, 3.8) is 0 Å². The maximum absolute atomic E-state index is 12.8. The first-order valence-corrected chi connectivity index (χ1v) is 10.4. The maximum atomic E-state index is 12.8. The Hall–Kier alpha value is -3.66. The number of esters is 1. The van der Waals surface area contributed by atoms with Gasteiger partial charge in [0.1, 0.15) is 12.1 Å². The Bertz CT molecular complexity index is 1190. The summed E-state index contributed by atoms with van der Waals surface area (Å²) in [6.07, 6.45) is 4.05. The number of carbonyl (C=O) groups excluding carboxylic acids is 2. The monoisotopic (exact) mass is 417 g/mol. The average molecular weight is 417 g/mol. The summed E-state index contributed by atoms with van der Waals surface area (Å²) in [5.41, 5.74) is 0.285. The summed E-state index contributed by atoms with van der Waals surface area (Å²) in [6, 6.07) is 16.4. The van der Waals surface area contributed by atoms with E-state index in [1.54, 1.807) is 53.1 Å². The molecule has 1 fully saturated rings. The van der Waals surface area contributed by atoms with Crippen LogP contribution in [-0.2, 0) is 20.9 Å². The number of nitrogens with zero attached hydrogens (tertiary/aromatic N) is 2. The molecular formula is C24H23N3O4. The van der Waals surface area contributed by atoms with E-state index in [0.29, 0.717) is 34.6 Å². The summed E-state index contributed by atoms with van der Waals surface area (Å²) in [6.45, 7) is -0.587. The largest absolute Gasteiger partial charge is 0.454 e. The van der Waals surface area contributed by atoms with Gasteiger partial charge in [-0.1, -0.05) is 43.5 Å². The number of rotatable bonds is 5. The van der Waals surface area contributed by atoms with Crippen LogP contribution in [-0.4, -0.2) is 28.6 Å².